The zero-order valence-corrected chi connectivity index (χ0v) is 9.29. The molecule has 2 rings (SSSR count). The number of hydrogen-bond acceptors (Lipinski definition) is 2. The summed E-state index contributed by atoms with van der Waals surface area (Å²) in [4.78, 5) is 7.11. The normalized spacial score (nSPS) is 11.0. The number of nitrogens with zero attached hydrogens (tertiary/aromatic N) is 1. The maximum atomic E-state index is 13.6. The van der Waals surface area contributed by atoms with Crippen molar-refractivity contribution < 1.29 is 4.39 Å². The molecule has 3 N–H and O–H groups in total. The molecule has 0 unspecified atom stereocenters. The Morgan fingerprint density at radius 2 is 2.00 bits per heavy atom. The van der Waals surface area contributed by atoms with Gasteiger partial charge in [0.2, 0.25) is 0 Å². The van der Waals surface area contributed by atoms with Gasteiger partial charge < -0.3 is 10.7 Å². The number of hydrogen-bond donors (Lipinski definition) is 2. The highest BCUT2D eigenvalue weighted by Crippen LogP contribution is 2.29. The number of anilines is 1. The van der Waals surface area contributed by atoms with Gasteiger partial charge in [-0.15, -0.1) is 0 Å². The van der Waals surface area contributed by atoms with E-state index >= 15 is 0 Å². The Labute approximate surface area is 93.5 Å². The molecule has 84 valence electrons. The van der Waals surface area contributed by atoms with Crippen LogP contribution in [0.2, 0.25) is 0 Å². The molecule has 16 heavy (non-hydrogen) atoms. The van der Waals surface area contributed by atoms with Crippen LogP contribution in [0.25, 0.3) is 11.3 Å². The van der Waals surface area contributed by atoms with Crippen molar-refractivity contribution in [1.29, 1.82) is 0 Å². The molecule has 0 fully saturated rings. The first-order valence-electron chi connectivity index (χ1n) is 5.20. The molecule has 0 atom stereocenters. The SMILES string of the molecule is CC(C)c1[nH]c(N)nc1-c1ccccc1F. The van der Waals surface area contributed by atoms with Gasteiger partial charge in [-0.1, -0.05) is 26.0 Å². The second-order valence-corrected chi connectivity index (χ2v) is 4.02. The van der Waals surface area contributed by atoms with Gasteiger partial charge >= 0.3 is 0 Å². The summed E-state index contributed by atoms with van der Waals surface area (Å²) < 4.78 is 13.6. The van der Waals surface area contributed by atoms with Gasteiger partial charge in [0.1, 0.15) is 5.82 Å². The van der Waals surface area contributed by atoms with E-state index in [1.165, 1.54) is 6.07 Å². The topological polar surface area (TPSA) is 54.7 Å². The molecule has 0 saturated heterocycles. The minimum Gasteiger partial charge on any atom is -0.369 e. The molecule has 3 nitrogen and oxygen atoms in total. The van der Waals surface area contributed by atoms with Crippen LogP contribution in [-0.4, -0.2) is 9.97 Å². The van der Waals surface area contributed by atoms with Gasteiger partial charge in [-0.25, -0.2) is 9.37 Å². The summed E-state index contributed by atoms with van der Waals surface area (Å²) in [7, 11) is 0. The van der Waals surface area contributed by atoms with E-state index in [9.17, 15) is 4.39 Å². The first-order chi connectivity index (χ1) is 7.59. The minimum absolute atomic E-state index is 0.222. The smallest absolute Gasteiger partial charge is 0.198 e. The van der Waals surface area contributed by atoms with Crippen LogP contribution in [-0.2, 0) is 0 Å². The van der Waals surface area contributed by atoms with Crippen molar-refractivity contribution in [3.63, 3.8) is 0 Å². The third-order valence-electron chi connectivity index (χ3n) is 2.46. The van der Waals surface area contributed by atoms with Crippen LogP contribution >= 0.6 is 0 Å². The van der Waals surface area contributed by atoms with Crippen LogP contribution in [0.5, 0.6) is 0 Å². The van der Waals surface area contributed by atoms with Crippen LogP contribution in [0.15, 0.2) is 24.3 Å². The van der Waals surface area contributed by atoms with Gasteiger partial charge in [-0.3, -0.25) is 0 Å². The Kier molecular flexibility index (Phi) is 2.64. The van der Waals surface area contributed by atoms with Crippen LogP contribution in [0, 0.1) is 5.82 Å². The number of halogens is 1. The lowest BCUT2D eigenvalue weighted by Gasteiger charge is -2.06. The van der Waals surface area contributed by atoms with Crippen molar-refractivity contribution in [2.75, 3.05) is 5.73 Å². The summed E-state index contributed by atoms with van der Waals surface area (Å²) in [6.07, 6.45) is 0. The Morgan fingerprint density at radius 1 is 1.31 bits per heavy atom. The molecule has 0 saturated carbocycles. The number of imidazole rings is 1. The third kappa shape index (κ3) is 1.78. The molecular weight excluding hydrogens is 205 g/mol. The predicted octanol–water partition coefficient (Wildman–Crippen LogP) is 2.92. The summed E-state index contributed by atoms with van der Waals surface area (Å²) >= 11 is 0. The van der Waals surface area contributed by atoms with Crippen molar-refractivity contribution in [2.45, 2.75) is 19.8 Å². The van der Waals surface area contributed by atoms with Crippen molar-refractivity contribution >= 4 is 5.95 Å². The van der Waals surface area contributed by atoms with Crippen molar-refractivity contribution in [3.05, 3.63) is 35.8 Å². The quantitative estimate of drug-likeness (QED) is 0.815. The highest BCUT2D eigenvalue weighted by Gasteiger charge is 2.16. The molecule has 0 radical (unpaired) electrons. The Balaban J connectivity index is 2.60. The molecule has 0 amide bonds. The number of aromatic amines is 1. The van der Waals surface area contributed by atoms with E-state index in [0.717, 1.165) is 5.69 Å². The number of nitrogen functional groups attached to an aromatic ring is 1. The fourth-order valence-electron chi connectivity index (χ4n) is 1.68. The van der Waals surface area contributed by atoms with Crippen LogP contribution in [0.3, 0.4) is 0 Å². The summed E-state index contributed by atoms with van der Waals surface area (Å²) in [5, 5.41) is 0. The average molecular weight is 219 g/mol. The van der Waals surface area contributed by atoms with Crippen LogP contribution in [0.4, 0.5) is 10.3 Å². The number of nitrogens with one attached hydrogen (secondary N) is 1. The molecular formula is C12H14FN3. The van der Waals surface area contributed by atoms with E-state index in [4.69, 9.17) is 5.73 Å². The van der Waals surface area contributed by atoms with Crippen LogP contribution in [0.1, 0.15) is 25.5 Å². The van der Waals surface area contributed by atoms with Crippen molar-refractivity contribution in [1.82, 2.24) is 9.97 Å². The second kappa shape index (κ2) is 3.96. The fraction of sp³-hybridized carbons (Fsp3) is 0.250. The highest BCUT2D eigenvalue weighted by molar-refractivity contribution is 5.65. The molecule has 0 aliphatic carbocycles. The first kappa shape index (κ1) is 10.7. The van der Waals surface area contributed by atoms with Gasteiger partial charge in [0, 0.05) is 11.3 Å². The van der Waals surface area contributed by atoms with Crippen LogP contribution < -0.4 is 5.73 Å². The fourth-order valence-corrected chi connectivity index (χ4v) is 1.68. The standard InChI is InChI=1S/C12H14FN3/c1-7(2)10-11(16-12(14)15-10)8-5-3-4-6-9(8)13/h3-7H,1-2H3,(H3,14,15,16). The van der Waals surface area contributed by atoms with Gasteiger partial charge in [-0.05, 0) is 18.1 Å². The largest absolute Gasteiger partial charge is 0.369 e. The third-order valence-corrected chi connectivity index (χ3v) is 2.46. The molecule has 0 aliphatic heterocycles. The van der Waals surface area contributed by atoms with Gasteiger partial charge in [-0.2, -0.15) is 0 Å². The van der Waals surface area contributed by atoms with E-state index in [0.29, 0.717) is 17.2 Å². The van der Waals surface area contributed by atoms with E-state index < -0.39 is 0 Å². The second-order valence-electron chi connectivity index (χ2n) is 4.02. The summed E-state index contributed by atoms with van der Waals surface area (Å²) in [5.74, 6) is 0.261. The molecule has 1 heterocycles. The monoisotopic (exact) mass is 219 g/mol. The van der Waals surface area contributed by atoms with Gasteiger partial charge in [0.25, 0.3) is 0 Å². The highest BCUT2D eigenvalue weighted by atomic mass is 19.1. The number of benzene rings is 1. The molecule has 2 aromatic rings. The number of rotatable bonds is 2. The lowest BCUT2D eigenvalue weighted by atomic mass is 10.0. The van der Waals surface area contributed by atoms with E-state index in [2.05, 4.69) is 9.97 Å². The molecule has 1 aromatic heterocycles. The maximum Gasteiger partial charge on any atom is 0.198 e. The predicted molar refractivity (Wildman–Crippen MR) is 62.5 cm³/mol. The maximum absolute atomic E-state index is 13.6. The van der Waals surface area contributed by atoms with Crippen molar-refractivity contribution in [3.8, 4) is 11.3 Å². The van der Waals surface area contributed by atoms with E-state index in [-0.39, 0.29) is 11.7 Å². The number of aromatic nitrogens is 2. The van der Waals surface area contributed by atoms with E-state index in [1.807, 2.05) is 13.8 Å². The lowest BCUT2D eigenvalue weighted by Crippen LogP contribution is -1.93. The molecule has 4 heteroatoms. The zero-order valence-electron chi connectivity index (χ0n) is 9.29. The van der Waals surface area contributed by atoms with Crippen molar-refractivity contribution in [2.24, 2.45) is 0 Å². The first-order valence-corrected chi connectivity index (χ1v) is 5.20. The molecule has 0 spiro atoms. The Hall–Kier alpha value is -1.84. The summed E-state index contributed by atoms with van der Waals surface area (Å²) in [6, 6.07) is 6.57. The Bertz CT molecular complexity index is 503. The minimum atomic E-state index is -0.282. The summed E-state index contributed by atoms with van der Waals surface area (Å²) in [6.45, 7) is 4.02. The van der Waals surface area contributed by atoms with Gasteiger partial charge in [0.05, 0.1) is 5.69 Å². The number of H-pyrrole nitrogens is 1. The number of nitrogens with two attached hydrogens (primary N) is 1. The zero-order chi connectivity index (χ0) is 11.7. The Morgan fingerprint density at radius 3 is 2.62 bits per heavy atom. The van der Waals surface area contributed by atoms with E-state index in [1.54, 1.807) is 18.2 Å². The lowest BCUT2D eigenvalue weighted by molar-refractivity contribution is 0.630. The average Bonchev–Trinajstić information content (AvgIpc) is 2.61. The molecule has 0 aliphatic rings. The summed E-state index contributed by atoms with van der Waals surface area (Å²) in [5.41, 5.74) is 7.57. The van der Waals surface area contributed by atoms with Gasteiger partial charge in [0.15, 0.2) is 5.95 Å². The molecule has 0 bridgehead atoms. The molecule has 1 aromatic carbocycles.